The van der Waals surface area contributed by atoms with E-state index in [0.29, 0.717) is 108 Å². The van der Waals surface area contributed by atoms with Gasteiger partial charge in [0.1, 0.15) is 18.2 Å². The molecule has 2 saturated heterocycles. The highest BCUT2D eigenvalue weighted by molar-refractivity contribution is 5.93. The second kappa shape index (κ2) is 24.9. The van der Waals surface area contributed by atoms with Crippen LogP contribution < -0.4 is 21.3 Å². The summed E-state index contributed by atoms with van der Waals surface area (Å²) in [6.07, 6.45) is 9.97. The first-order valence-corrected chi connectivity index (χ1v) is 26.8. The fraction of sp³-hybridized carbons (Fsp3) is 0.667. The molecule has 3 aliphatic carbocycles. The fourth-order valence-electron chi connectivity index (χ4n) is 11.9. The van der Waals surface area contributed by atoms with E-state index in [4.69, 9.17) is 9.47 Å². The van der Waals surface area contributed by atoms with Crippen LogP contribution in [-0.2, 0) is 39.6 Å². The topological polar surface area (TPSA) is 200 Å². The Hall–Kier alpha value is -5.47. The van der Waals surface area contributed by atoms with E-state index in [9.17, 15) is 37.1 Å². The van der Waals surface area contributed by atoms with Gasteiger partial charge in [-0.1, -0.05) is 6.07 Å². The Balaban J connectivity index is 0.714. The molecule has 4 N–H and O–H groups in total. The second-order valence-electron chi connectivity index (χ2n) is 21.6. The van der Waals surface area contributed by atoms with Crippen LogP contribution >= 0.6 is 0 Å². The van der Waals surface area contributed by atoms with E-state index in [2.05, 4.69) is 62.0 Å². The van der Waals surface area contributed by atoms with Crippen LogP contribution in [-0.4, -0.2) is 149 Å². The minimum Gasteiger partial charge on any atom is -0.381 e. The number of pyridine rings is 1. The van der Waals surface area contributed by atoms with Crippen LogP contribution in [0.1, 0.15) is 121 Å². The van der Waals surface area contributed by atoms with Crippen molar-refractivity contribution in [1.29, 1.82) is 0 Å². The fourth-order valence-corrected chi connectivity index (χ4v) is 11.9. The molecule has 1 aromatic carbocycles. The maximum atomic E-state index is 14.1. The normalized spacial score (nSPS) is 27.7. The van der Waals surface area contributed by atoms with Gasteiger partial charge in [0.25, 0.3) is 0 Å². The summed E-state index contributed by atoms with van der Waals surface area (Å²) in [4.78, 5) is 84.9. The number of halogens is 3. The van der Waals surface area contributed by atoms with E-state index < -0.39 is 23.7 Å². The van der Waals surface area contributed by atoms with Gasteiger partial charge < -0.3 is 45.4 Å². The lowest BCUT2D eigenvalue weighted by Gasteiger charge is -2.45. The second-order valence-corrected chi connectivity index (χ2v) is 21.6. The molecule has 5 fully saturated rings. The van der Waals surface area contributed by atoms with Crippen molar-refractivity contribution >= 4 is 46.3 Å². The van der Waals surface area contributed by atoms with E-state index >= 15 is 0 Å². The lowest BCUT2D eigenvalue weighted by molar-refractivity contribution is -0.137. The molecule has 404 valence electrons. The third kappa shape index (κ3) is 13.7. The number of carbonyl (C=O) groups excluding carboxylic acids is 5. The van der Waals surface area contributed by atoms with Crippen molar-refractivity contribution in [2.45, 2.75) is 152 Å². The molecule has 0 bridgehead atoms. The van der Waals surface area contributed by atoms with Crippen molar-refractivity contribution in [3.63, 3.8) is 0 Å². The van der Waals surface area contributed by atoms with E-state index in [1.165, 1.54) is 12.4 Å². The molecule has 5 aliphatic rings. The number of hydrogen-bond donors (Lipinski definition) is 4. The van der Waals surface area contributed by atoms with Crippen molar-refractivity contribution in [3.8, 4) is 0 Å². The largest absolute Gasteiger partial charge is 0.416 e. The maximum absolute atomic E-state index is 14.1. The van der Waals surface area contributed by atoms with Crippen LogP contribution in [0.15, 0.2) is 49.1 Å². The standard InChI is InChI=1S/C54H75F3N10O7/c1-33(2)65(3)40-16-18-46(67-23-19-44(53(67)72)63-50-41-26-38(54(55,56)57)13-17-43(41)60-32-61-50)45(27-40)64-51(70)36-11-14-39(15-12-36)62-47(68)20-24-73-30-34-7-9-35(10-8-34)31-74-25-22-59-52(71)42-28-48(69)66(4)49(42)37-6-5-21-58-29-37/h5-6,13,17,21,26,29,32-36,39-40,42,44-46,49H,7-12,14-16,18-20,22-25,27-28,30-31H2,1-4H3,(H,59,71)(H,62,68)(H,64,70)(H,60,61,63)/t34?,35?,36?,39?,40-,42+,44+,45-,46+,49-/m1/s1. The number of ether oxygens (including phenoxy) is 2. The lowest BCUT2D eigenvalue weighted by Crippen LogP contribution is -2.59. The van der Waals surface area contributed by atoms with Crippen LogP contribution in [0.25, 0.3) is 10.9 Å². The molecule has 8 rings (SSSR count). The molecule has 74 heavy (non-hydrogen) atoms. The number of rotatable bonds is 20. The molecule has 17 nitrogen and oxygen atoms in total. The van der Waals surface area contributed by atoms with Gasteiger partial charge in [0.15, 0.2) is 0 Å². The molecule has 5 amide bonds. The van der Waals surface area contributed by atoms with Crippen LogP contribution in [0.4, 0.5) is 19.0 Å². The predicted molar refractivity (Wildman–Crippen MR) is 271 cm³/mol. The Morgan fingerprint density at radius 3 is 2.30 bits per heavy atom. The van der Waals surface area contributed by atoms with Crippen LogP contribution in [0, 0.1) is 23.7 Å². The molecule has 20 heteroatoms. The number of carbonyl (C=O) groups is 5. The number of anilines is 1. The third-order valence-corrected chi connectivity index (χ3v) is 16.5. The number of nitrogens with zero attached hydrogens (tertiary/aromatic N) is 6. The number of hydrogen-bond acceptors (Lipinski definition) is 12. The summed E-state index contributed by atoms with van der Waals surface area (Å²) in [6, 6.07) is 5.93. The molecule has 6 atom stereocenters. The van der Waals surface area contributed by atoms with E-state index in [0.717, 1.165) is 49.8 Å². The van der Waals surface area contributed by atoms with E-state index in [-0.39, 0.29) is 89.7 Å². The molecule has 2 aliphatic heterocycles. The minimum atomic E-state index is -4.55. The molecular weight excluding hydrogens is 958 g/mol. The summed E-state index contributed by atoms with van der Waals surface area (Å²) in [5, 5.41) is 12.8. The molecule has 2 aromatic heterocycles. The minimum absolute atomic E-state index is 0.0183. The van der Waals surface area contributed by atoms with Crippen molar-refractivity contribution < 1.29 is 46.6 Å². The summed E-state index contributed by atoms with van der Waals surface area (Å²) < 4.78 is 52.8. The number of nitrogens with one attached hydrogen (secondary N) is 4. The first-order valence-electron chi connectivity index (χ1n) is 26.8. The number of aromatic nitrogens is 3. The Labute approximate surface area is 432 Å². The van der Waals surface area contributed by atoms with E-state index in [1.807, 2.05) is 17.0 Å². The quantitative estimate of drug-likeness (QED) is 0.0959. The molecule has 4 heterocycles. The molecule has 3 saturated carbocycles. The van der Waals surface area contributed by atoms with Gasteiger partial charge in [0.2, 0.25) is 29.5 Å². The zero-order valence-electron chi connectivity index (χ0n) is 43.3. The molecular formula is C54H75F3N10O7. The average molecular weight is 1030 g/mol. The van der Waals surface area contributed by atoms with Crippen molar-refractivity contribution in [2.75, 3.05) is 58.9 Å². The number of amides is 5. The highest BCUT2D eigenvalue weighted by Crippen LogP contribution is 2.38. The van der Waals surface area contributed by atoms with Crippen LogP contribution in [0.2, 0.25) is 0 Å². The molecule has 0 spiro atoms. The first kappa shape index (κ1) is 54.8. The van der Waals surface area contributed by atoms with E-state index in [1.54, 1.807) is 24.3 Å². The summed E-state index contributed by atoms with van der Waals surface area (Å²) in [7, 11) is 3.82. The zero-order valence-corrected chi connectivity index (χ0v) is 43.3. The maximum Gasteiger partial charge on any atom is 0.416 e. The summed E-state index contributed by atoms with van der Waals surface area (Å²) in [5.74, 6) is -0.108. The van der Waals surface area contributed by atoms with Gasteiger partial charge >= 0.3 is 6.18 Å². The van der Waals surface area contributed by atoms with Gasteiger partial charge in [0, 0.05) is 88.0 Å². The van der Waals surface area contributed by atoms with Gasteiger partial charge in [-0.3, -0.25) is 29.0 Å². The van der Waals surface area contributed by atoms with Crippen molar-refractivity contribution in [1.82, 2.24) is 45.6 Å². The molecule has 0 radical (unpaired) electrons. The van der Waals surface area contributed by atoms with Crippen molar-refractivity contribution in [2.24, 2.45) is 23.7 Å². The van der Waals surface area contributed by atoms with Crippen LogP contribution in [0.3, 0.4) is 0 Å². The highest BCUT2D eigenvalue weighted by Gasteiger charge is 2.45. The molecule has 3 aromatic rings. The monoisotopic (exact) mass is 1030 g/mol. The first-order chi connectivity index (χ1) is 35.5. The number of fused-ring (bicyclic) bond motifs is 1. The summed E-state index contributed by atoms with van der Waals surface area (Å²) >= 11 is 0. The van der Waals surface area contributed by atoms with Crippen LogP contribution in [0.5, 0.6) is 0 Å². The number of likely N-dealkylation sites (tertiary alicyclic amines) is 2. The van der Waals surface area contributed by atoms with Gasteiger partial charge in [-0.05, 0) is 140 Å². The van der Waals surface area contributed by atoms with Gasteiger partial charge in [-0.25, -0.2) is 9.97 Å². The van der Waals surface area contributed by atoms with Gasteiger partial charge in [0.05, 0.1) is 48.3 Å². The Morgan fingerprint density at radius 2 is 1.61 bits per heavy atom. The Morgan fingerprint density at radius 1 is 0.878 bits per heavy atom. The van der Waals surface area contributed by atoms with Crippen molar-refractivity contribution in [3.05, 3.63) is 60.2 Å². The summed E-state index contributed by atoms with van der Waals surface area (Å²) in [5.41, 5.74) is 0.362. The third-order valence-electron chi connectivity index (χ3n) is 16.5. The predicted octanol–water partition coefficient (Wildman–Crippen LogP) is 6.04. The SMILES string of the molecule is CC(C)N(C)[C@@H]1CC[C@H](N2CC[C@H](Nc3ncnc4ccc(C(F)(F)F)cc34)C2=O)[C@H](NC(=O)C2CCC(NC(=O)CCOCC3CCC(COCCNC(=O)[C@H]4CC(=O)N(C)[C@@H]4c4cccnc4)CC3)CC2)C1. The summed E-state index contributed by atoms with van der Waals surface area (Å²) in [6.45, 7) is 7.10. The Kier molecular flexibility index (Phi) is 18.4. The zero-order chi connectivity index (χ0) is 52.5. The number of alkyl halides is 3. The smallest absolute Gasteiger partial charge is 0.381 e. The average Bonchev–Trinajstić information content (AvgIpc) is 3.91. The molecule has 0 unspecified atom stereocenters. The number of benzene rings is 1. The highest BCUT2D eigenvalue weighted by atomic mass is 19.4. The lowest BCUT2D eigenvalue weighted by atomic mass is 9.82. The van der Waals surface area contributed by atoms with Gasteiger partial charge in [-0.2, -0.15) is 13.2 Å². The Bertz CT molecular complexity index is 2400. The van der Waals surface area contributed by atoms with Gasteiger partial charge in [-0.15, -0.1) is 0 Å².